The van der Waals surface area contributed by atoms with Crippen LogP contribution >= 0.6 is 23.2 Å². The Labute approximate surface area is 144 Å². The van der Waals surface area contributed by atoms with Gasteiger partial charge in [-0.1, -0.05) is 41.0 Å². The summed E-state index contributed by atoms with van der Waals surface area (Å²) in [6, 6.07) is 12.6. The van der Waals surface area contributed by atoms with Crippen molar-refractivity contribution in [2.24, 2.45) is 5.16 Å². The number of halogens is 2. The zero-order chi connectivity index (χ0) is 16.8. The van der Waals surface area contributed by atoms with E-state index in [2.05, 4.69) is 5.16 Å². The van der Waals surface area contributed by atoms with Crippen LogP contribution in [-0.2, 0) is 16.2 Å². The maximum Gasteiger partial charge on any atom is 0.274 e. The van der Waals surface area contributed by atoms with E-state index in [-0.39, 0.29) is 12.3 Å². The van der Waals surface area contributed by atoms with E-state index >= 15 is 0 Å². The summed E-state index contributed by atoms with van der Waals surface area (Å²) < 4.78 is 5.82. The second kappa shape index (κ2) is 7.99. The van der Waals surface area contributed by atoms with Gasteiger partial charge in [-0.2, -0.15) is 0 Å². The topological polar surface area (TPSA) is 47.9 Å². The lowest BCUT2D eigenvalue weighted by atomic mass is 10.0. The highest BCUT2D eigenvalue weighted by Gasteiger charge is 2.16. The number of carbonyl (C=O) groups excluding carboxylic acids is 1. The van der Waals surface area contributed by atoms with Gasteiger partial charge in [0, 0.05) is 10.6 Å². The molecule has 0 bridgehead atoms. The van der Waals surface area contributed by atoms with Gasteiger partial charge in [-0.15, -0.1) is 0 Å². The molecule has 2 aromatic rings. The van der Waals surface area contributed by atoms with Gasteiger partial charge in [0.25, 0.3) is 5.24 Å². The van der Waals surface area contributed by atoms with Crippen molar-refractivity contribution in [2.45, 2.75) is 13.5 Å². The average molecular weight is 352 g/mol. The summed E-state index contributed by atoms with van der Waals surface area (Å²) in [5, 5.41) is 3.66. The third-order valence-electron chi connectivity index (χ3n) is 3.16. The fraction of sp³-hybridized carbons (Fsp3) is 0.176. The fourth-order valence-corrected chi connectivity index (χ4v) is 2.45. The Morgan fingerprint density at radius 3 is 2.61 bits per heavy atom. The van der Waals surface area contributed by atoms with E-state index in [1.54, 1.807) is 24.3 Å². The Morgan fingerprint density at radius 2 is 1.96 bits per heavy atom. The van der Waals surface area contributed by atoms with E-state index in [4.69, 9.17) is 32.8 Å². The quantitative estimate of drug-likeness (QED) is 0.441. The van der Waals surface area contributed by atoms with E-state index in [9.17, 15) is 4.79 Å². The Morgan fingerprint density at radius 1 is 1.22 bits per heavy atom. The number of ether oxygens (including phenoxy) is 1. The van der Waals surface area contributed by atoms with Crippen LogP contribution in [0.25, 0.3) is 0 Å². The smallest absolute Gasteiger partial charge is 0.274 e. The molecule has 0 heterocycles. The minimum absolute atomic E-state index is 0.0428. The lowest BCUT2D eigenvalue weighted by Gasteiger charge is -2.12. The number of carbonyl (C=O) groups is 1. The number of nitrogens with zero attached hydrogens (tertiary/aromatic N) is 1. The molecular formula is C17H15Cl2NO3. The van der Waals surface area contributed by atoms with Crippen molar-refractivity contribution < 1.29 is 14.4 Å². The monoisotopic (exact) mass is 351 g/mol. The minimum atomic E-state index is -0.693. The molecule has 0 fully saturated rings. The Kier molecular flexibility index (Phi) is 6.02. The van der Waals surface area contributed by atoms with Crippen LogP contribution in [0.5, 0.6) is 5.75 Å². The van der Waals surface area contributed by atoms with Gasteiger partial charge in [0.05, 0.1) is 0 Å². The SMILES string of the molecule is CO/N=C(/C(=O)Cl)c1ccccc1COc1ccc(Cl)cc1C. The molecule has 2 aromatic carbocycles. The number of aryl methyl sites for hydroxylation is 1. The maximum absolute atomic E-state index is 11.6. The molecule has 0 aliphatic rings. The zero-order valence-electron chi connectivity index (χ0n) is 12.7. The van der Waals surface area contributed by atoms with Gasteiger partial charge in [-0.05, 0) is 47.9 Å². The maximum atomic E-state index is 11.6. The third kappa shape index (κ3) is 4.47. The first kappa shape index (κ1) is 17.3. The van der Waals surface area contributed by atoms with E-state index in [1.165, 1.54) is 7.11 Å². The highest BCUT2D eigenvalue weighted by molar-refractivity contribution is 6.84. The summed E-state index contributed by atoms with van der Waals surface area (Å²) in [5.41, 5.74) is 2.31. The second-order valence-electron chi connectivity index (χ2n) is 4.75. The molecule has 0 saturated carbocycles. The first-order valence-corrected chi connectivity index (χ1v) is 7.56. The fourth-order valence-electron chi connectivity index (χ4n) is 2.09. The molecule has 120 valence electrons. The molecule has 0 spiro atoms. The molecular weight excluding hydrogens is 337 g/mol. The predicted octanol–water partition coefficient (Wildman–Crippen LogP) is 4.34. The van der Waals surface area contributed by atoms with E-state index < -0.39 is 5.24 Å². The van der Waals surface area contributed by atoms with Crippen LogP contribution in [0.3, 0.4) is 0 Å². The van der Waals surface area contributed by atoms with Gasteiger partial charge >= 0.3 is 0 Å². The second-order valence-corrected chi connectivity index (χ2v) is 5.53. The molecule has 4 nitrogen and oxygen atoms in total. The molecule has 0 N–H and O–H groups in total. The summed E-state index contributed by atoms with van der Waals surface area (Å²) >= 11 is 11.5. The van der Waals surface area contributed by atoms with Gasteiger partial charge in [-0.3, -0.25) is 4.79 Å². The minimum Gasteiger partial charge on any atom is -0.489 e. The van der Waals surface area contributed by atoms with Gasteiger partial charge in [0.2, 0.25) is 0 Å². The first-order chi connectivity index (χ1) is 11.0. The van der Waals surface area contributed by atoms with Crippen molar-refractivity contribution in [2.75, 3.05) is 7.11 Å². The average Bonchev–Trinajstić information content (AvgIpc) is 2.52. The Bertz CT molecular complexity index is 744. The van der Waals surface area contributed by atoms with E-state index in [0.717, 1.165) is 11.1 Å². The molecule has 0 radical (unpaired) electrons. The summed E-state index contributed by atoms with van der Waals surface area (Å²) in [7, 11) is 1.36. The number of oxime groups is 1. The van der Waals surface area contributed by atoms with Crippen LogP contribution < -0.4 is 4.74 Å². The normalized spacial score (nSPS) is 11.2. The molecule has 0 saturated heterocycles. The number of rotatable bonds is 6. The van der Waals surface area contributed by atoms with E-state index in [0.29, 0.717) is 16.3 Å². The van der Waals surface area contributed by atoms with Crippen molar-refractivity contribution in [1.82, 2.24) is 0 Å². The van der Waals surface area contributed by atoms with Gasteiger partial charge in [0.15, 0.2) is 5.71 Å². The molecule has 0 aliphatic carbocycles. The van der Waals surface area contributed by atoms with E-state index in [1.807, 2.05) is 25.1 Å². The molecule has 0 amide bonds. The molecule has 0 aromatic heterocycles. The van der Waals surface area contributed by atoms with Crippen LogP contribution in [0.1, 0.15) is 16.7 Å². The van der Waals surface area contributed by atoms with Crippen LogP contribution in [0, 0.1) is 6.92 Å². The number of hydrogen-bond acceptors (Lipinski definition) is 4. The standard InChI is InChI=1S/C17H15Cl2NO3/c1-11-9-13(18)7-8-15(11)23-10-12-5-3-4-6-14(12)16(17(19)21)20-22-2/h3-9H,10H2,1-2H3/b20-16+. The van der Waals surface area contributed by atoms with Crippen molar-refractivity contribution in [3.8, 4) is 5.75 Å². The van der Waals surface area contributed by atoms with Crippen molar-refractivity contribution >= 4 is 34.2 Å². The lowest BCUT2D eigenvalue weighted by molar-refractivity contribution is -0.106. The molecule has 6 heteroatoms. The van der Waals surface area contributed by atoms with Crippen LogP contribution in [0.4, 0.5) is 0 Å². The van der Waals surface area contributed by atoms with Crippen molar-refractivity contribution in [3.05, 3.63) is 64.2 Å². The first-order valence-electron chi connectivity index (χ1n) is 6.81. The predicted molar refractivity (Wildman–Crippen MR) is 91.4 cm³/mol. The Hall–Kier alpha value is -2.04. The molecule has 0 aliphatic heterocycles. The Balaban J connectivity index is 2.27. The summed E-state index contributed by atoms with van der Waals surface area (Å²) in [4.78, 5) is 16.2. The van der Waals surface area contributed by atoms with Gasteiger partial charge in [0.1, 0.15) is 19.5 Å². The van der Waals surface area contributed by atoms with Crippen molar-refractivity contribution in [1.29, 1.82) is 0 Å². The van der Waals surface area contributed by atoms with Crippen LogP contribution in [-0.4, -0.2) is 18.1 Å². The molecule has 0 atom stereocenters. The molecule has 23 heavy (non-hydrogen) atoms. The van der Waals surface area contributed by atoms with Gasteiger partial charge in [-0.25, -0.2) is 0 Å². The highest BCUT2D eigenvalue weighted by Crippen LogP contribution is 2.23. The van der Waals surface area contributed by atoms with Crippen LogP contribution in [0.2, 0.25) is 5.02 Å². The number of benzene rings is 2. The lowest BCUT2D eigenvalue weighted by Crippen LogP contribution is -2.14. The number of hydrogen-bond donors (Lipinski definition) is 0. The van der Waals surface area contributed by atoms with Crippen LogP contribution in [0.15, 0.2) is 47.6 Å². The molecule has 0 unspecified atom stereocenters. The zero-order valence-corrected chi connectivity index (χ0v) is 14.2. The summed E-state index contributed by atoms with van der Waals surface area (Å²) in [6.45, 7) is 2.17. The summed E-state index contributed by atoms with van der Waals surface area (Å²) in [5.74, 6) is 0.714. The van der Waals surface area contributed by atoms with Crippen molar-refractivity contribution in [3.63, 3.8) is 0 Å². The summed E-state index contributed by atoms with van der Waals surface area (Å²) in [6.07, 6.45) is 0. The third-order valence-corrected chi connectivity index (χ3v) is 3.58. The largest absolute Gasteiger partial charge is 0.489 e. The van der Waals surface area contributed by atoms with Gasteiger partial charge < -0.3 is 9.57 Å². The molecule has 2 rings (SSSR count). The highest BCUT2D eigenvalue weighted by atomic mass is 35.5.